The topological polar surface area (TPSA) is 75.7 Å². The average Bonchev–Trinajstić information content (AvgIpc) is 3.19. The van der Waals surface area contributed by atoms with Gasteiger partial charge in [0.15, 0.2) is 6.61 Å². The number of esters is 1. The van der Waals surface area contributed by atoms with Crippen LogP contribution >= 0.6 is 0 Å². The van der Waals surface area contributed by atoms with Gasteiger partial charge in [-0.3, -0.25) is 14.4 Å². The zero-order valence-corrected chi connectivity index (χ0v) is 18.4. The van der Waals surface area contributed by atoms with Crippen molar-refractivity contribution in [3.63, 3.8) is 0 Å². The molecule has 0 radical (unpaired) electrons. The number of amides is 2. The molecule has 1 heterocycles. The molecule has 0 aromatic heterocycles. The maximum absolute atomic E-state index is 12.4. The van der Waals surface area contributed by atoms with Gasteiger partial charge in [-0.1, -0.05) is 45.0 Å². The predicted molar refractivity (Wildman–Crippen MR) is 121 cm³/mol. The van der Waals surface area contributed by atoms with Crippen molar-refractivity contribution in [1.82, 2.24) is 0 Å². The zero-order chi connectivity index (χ0) is 22.4. The van der Waals surface area contributed by atoms with E-state index in [-0.39, 0.29) is 25.5 Å². The molecule has 2 atom stereocenters. The van der Waals surface area contributed by atoms with E-state index in [0.29, 0.717) is 11.6 Å². The molecule has 1 aliphatic rings. The first kappa shape index (κ1) is 22.5. The third-order valence-corrected chi connectivity index (χ3v) is 5.84. The summed E-state index contributed by atoms with van der Waals surface area (Å²) in [4.78, 5) is 38.5. The van der Waals surface area contributed by atoms with Crippen LogP contribution in [0.1, 0.15) is 50.7 Å². The molecule has 0 bridgehead atoms. The van der Waals surface area contributed by atoms with E-state index >= 15 is 0 Å². The Morgan fingerprint density at radius 1 is 1.10 bits per heavy atom. The standard InChI is InChI=1S/C25H30N2O4/c1-4-17(3)19-8-10-21(11-9-19)26-23(28)16-31-25(30)20-14-24(29)27(15-20)22-12-6-18(5-2)7-13-22/h6-13,17,20H,4-5,14-16H2,1-3H3,(H,26,28)/t17-,20+/m1/s1. The molecule has 3 rings (SSSR count). The molecule has 164 valence electrons. The Labute approximate surface area is 183 Å². The van der Waals surface area contributed by atoms with E-state index in [4.69, 9.17) is 4.74 Å². The highest BCUT2D eigenvalue weighted by Gasteiger charge is 2.36. The molecule has 0 unspecified atom stereocenters. The Morgan fingerprint density at radius 2 is 1.77 bits per heavy atom. The van der Waals surface area contributed by atoms with E-state index in [1.165, 1.54) is 11.1 Å². The van der Waals surface area contributed by atoms with Crippen LogP contribution in [-0.4, -0.2) is 30.9 Å². The van der Waals surface area contributed by atoms with Gasteiger partial charge in [0.1, 0.15) is 0 Å². The summed E-state index contributed by atoms with van der Waals surface area (Å²) in [6.45, 7) is 6.25. The molecular weight excluding hydrogens is 392 g/mol. The lowest BCUT2D eigenvalue weighted by Crippen LogP contribution is -2.28. The van der Waals surface area contributed by atoms with Gasteiger partial charge >= 0.3 is 5.97 Å². The number of hydrogen-bond acceptors (Lipinski definition) is 4. The first-order valence-corrected chi connectivity index (χ1v) is 10.9. The summed E-state index contributed by atoms with van der Waals surface area (Å²) in [5.41, 5.74) is 3.83. The third kappa shape index (κ3) is 5.72. The van der Waals surface area contributed by atoms with Gasteiger partial charge in [-0.15, -0.1) is 0 Å². The van der Waals surface area contributed by atoms with Crippen LogP contribution in [-0.2, 0) is 25.5 Å². The van der Waals surface area contributed by atoms with Gasteiger partial charge in [-0.25, -0.2) is 0 Å². The van der Waals surface area contributed by atoms with E-state index in [9.17, 15) is 14.4 Å². The lowest BCUT2D eigenvalue weighted by molar-refractivity contribution is -0.151. The highest BCUT2D eigenvalue weighted by Crippen LogP contribution is 2.26. The van der Waals surface area contributed by atoms with Gasteiger partial charge in [0, 0.05) is 24.3 Å². The fourth-order valence-electron chi connectivity index (χ4n) is 3.61. The van der Waals surface area contributed by atoms with Crippen molar-refractivity contribution in [1.29, 1.82) is 0 Å². The number of nitrogens with one attached hydrogen (secondary N) is 1. The summed E-state index contributed by atoms with van der Waals surface area (Å²) in [5, 5.41) is 2.73. The van der Waals surface area contributed by atoms with Crippen LogP contribution in [0.5, 0.6) is 0 Å². The van der Waals surface area contributed by atoms with Crippen LogP contribution in [0.25, 0.3) is 0 Å². The first-order valence-electron chi connectivity index (χ1n) is 10.9. The van der Waals surface area contributed by atoms with E-state index < -0.39 is 17.8 Å². The molecule has 31 heavy (non-hydrogen) atoms. The van der Waals surface area contributed by atoms with Gasteiger partial charge < -0.3 is 15.0 Å². The lowest BCUT2D eigenvalue weighted by Gasteiger charge is -2.17. The summed E-state index contributed by atoms with van der Waals surface area (Å²) in [6.07, 6.45) is 2.06. The largest absolute Gasteiger partial charge is 0.455 e. The van der Waals surface area contributed by atoms with Crippen LogP contribution in [0.2, 0.25) is 0 Å². The fourth-order valence-corrected chi connectivity index (χ4v) is 3.61. The number of anilines is 2. The molecule has 1 aliphatic heterocycles. The summed E-state index contributed by atoms with van der Waals surface area (Å²) < 4.78 is 5.18. The Bertz CT molecular complexity index is 922. The second-order valence-corrected chi connectivity index (χ2v) is 8.01. The number of nitrogens with zero attached hydrogens (tertiary/aromatic N) is 1. The molecule has 1 saturated heterocycles. The fraction of sp³-hybridized carbons (Fsp3) is 0.400. The maximum Gasteiger partial charge on any atom is 0.311 e. The highest BCUT2D eigenvalue weighted by atomic mass is 16.5. The second-order valence-electron chi connectivity index (χ2n) is 8.01. The Hall–Kier alpha value is -3.15. The minimum Gasteiger partial charge on any atom is -0.455 e. The molecule has 1 fully saturated rings. The van der Waals surface area contributed by atoms with Crippen LogP contribution in [0.3, 0.4) is 0 Å². The molecule has 2 aromatic carbocycles. The van der Waals surface area contributed by atoms with Gasteiger partial charge in [0.2, 0.25) is 5.91 Å². The monoisotopic (exact) mass is 422 g/mol. The maximum atomic E-state index is 12.4. The molecule has 1 N–H and O–H groups in total. The quantitative estimate of drug-likeness (QED) is 0.644. The molecule has 2 amide bonds. The van der Waals surface area contributed by atoms with E-state index in [1.807, 2.05) is 48.5 Å². The van der Waals surface area contributed by atoms with Crippen molar-refractivity contribution in [3.8, 4) is 0 Å². The molecule has 2 aromatic rings. The van der Waals surface area contributed by atoms with Crippen LogP contribution in [0.15, 0.2) is 48.5 Å². The summed E-state index contributed by atoms with van der Waals surface area (Å²) in [6, 6.07) is 15.4. The Balaban J connectivity index is 1.49. The molecule has 0 spiro atoms. The van der Waals surface area contributed by atoms with Crippen molar-refractivity contribution < 1.29 is 19.1 Å². The lowest BCUT2D eigenvalue weighted by atomic mass is 9.99. The molecular formula is C25H30N2O4. The normalized spacial score (nSPS) is 16.8. The Morgan fingerprint density at radius 3 is 2.39 bits per heavy atom. The molecule has 6 heteroatoms. The van der Waals surface area contributed by atoms with E-state index in [1.54, 1.807) is 4.90 Å². The van der Waals surface area contributed by atoms with E-state index in [2.05, 4.69) is 26.1 Å². The van der Waals surface area contributed by atoms with Crippen molar-refractivity contribution in [2.24, 2.45) is 5.92 Å². The van der Waals surface area contributed by atoms with E-state index in [0.717, 1.165) is 18.5 Å². The zero-order valence-electron chi connectivity index (χ0n) is 18.4. The minimum atomic E-state index is -0.569. The van der Waals surface area contributed by atoms with Gasteiger partial charge in [-0.2, -0.15) is 0 Å². The second kappa shape index (κ2) is 10.2. The number of benzene rings is 2. The van der Waals surface area contributed by atoms with Crippen molar-refractivity contribution in [2.45, 2.75) is 46.0 Å². The van der Waals surface area contributed by atoms with Crippen LogP contribution < -0.4 is 10.2 Å². The summed E-state index contributed by atoms with van der Waals surface area (Å²) in [7, 11) is 0. The summed E-state index contributed by atoms with van der Waals surface area (Å²) in [5.74, 6) is -1.15. The SMILES string of the molecule is CCc1ccc(N2C[C@@H](C(=O)OCC(=O)Nc3ccc([C@H](C)CC)cc3)CC2=O)cc1. The summed E-state index contributed by atoms with van der Waals surface area (Å²) >= 11 is 0. The molecule has 0 saturated carbocycles. The van der Waals surface area contributed by atoms with Gasteiger partial charge in [0.05, 0.1) is 5.92 Å². The molecule has 6 nitrogen and oxygen atoms in total. The Kier molecular flexibility index (Phi) is 7.45. The van der Waals surface area contributed by atoms with Crippen molar-refractivity contribution in [3.05, 3.63) is 59.7 Å². The third-order valence-electron chi connectivity index (χ3n) is 5.84. The van der Waals surface area contributed by atoms with Crippen molar-refractivity contribution >= 4 is 29.2 Å². The number of hydrogen-bond donors (Lipinski definition) is 1. The number of carbonyl (C=O) groups excluding carboxylic acids is 3. The van der Waals surface area contributed by atoms with Crippen LogP contribution in [0, 0.1) is 5.92 Å². The number of carbonyl (C=O) groups is 3. The van der Waals surface area contributed by atoms with Gasteiger partial charge in [-0.05, 0) is 54.2 Å². The van der Waals surface area contributed by atoms with Crippen molar-refractivity contribution in [2.75, 3.05) is 23.4 Å². The highest BCUT2D eigenvalue weighted by molar-refractivity contribution is 6.00. The number of ether oxygens (including phenoxy) is 1. The first-order chi connectivity index (χ1) is 14.9. The van der Waals surface area contributed by atoms with Crippen LogP contribution in [0.4, 0.5) is 11.4 Å². The number of rotatable bonds is 8. The smallest absolute Gasteiger partial charge is 0.311 e. The predicted octanol–water partition coefficient (Wildman–Crippen LogP) is 4.30. The number of aryl methyl sites for hydroxylation is 1. The molecule has 0 aliphatic carbocycles. The minimum absolute atomic E-state index is 0.0903. The average molecular weight is 423 g/mol. The van der Waals surface area contributed by atoms with Gasteiger partial charge in [0.25, 0.3) is 5.91 Å².